The lowest BCUT2D eigenvalue weighted by Crippen LogP contribution is -2.19. The molecule has 0 fully saturated rings. The zero-order valence-electron chi connectivity index (χ0n) is 7.64. The summed E-state index contributed by atoms with van der Waals surface area (Å²) >= 11 is 1.29. The molecule has 1 N–H and O–H groups in total. The molecule has 3 nitrogen and oxygen atoms in total. The Hall–Kier alpha value is -1.13. The van der Waals surface area contributed by atoms with E-state index < -0.39 is 5.97 Å². The van der Waals surface area contributed by atoms with Crippen molar-refractivity contribution in [2.75, 3.05) is 13.1 Å². The Balaban J connectivity index is 2.08. The number of nitrogens with zero attached hydrogens (tertiary/aromatic N) is 1. The minimum atomic E-state index is -0.817. The van der Waals surface area contributed by atoms with Crippen LogP contribution >= 0.6 is 11.3 Å². The number of aromatic carboxylic acids is 1. The first-order valence-corrected chi connectivity index (χ1v) is 5.32. The fraction of sp³-hybridized carbons (Fsp3) is 0.300. The van der Waals surface area contributed by atoms with Crippen LogP contribution in [-0.4, -0.2) is 29.1 Å². The van der Waals surface area contributed by atoms with Crippen LogP contribution < -0.4 is 0 Å². The molecule has 0 saturated heterocycles. The first kappa shape index (κ1) is 9.43. The van der Waals surface area contributed by atoms with Crippen molar-refractivity contribution in [3.63, 3.8) is 0 Å². The van der Waals surface area contributed by atoms with Crippen molar-refractivity contribution in [2.24, 2.45) is 0 Å². The number of hydrogen-bond donors (Lipinski definition) is 1. The molecule has 0 spiro atoms. The Morgan fingerprint density at radius 2 is 2.21 bits per heavy atom. The fourth-order valence-electron chi connectivity index (χ4n) is 1.54. The zero-order chi connectivity index (χ0) is 9.97. The van der Waals surface area contributed by atoms with Gasteiger partial charge in [-0.2, -0.15) is 0 Å². The summed E-state index contributed by atoms with van der Waals surface area (Å²) in [4.78, 5) is 13.5. The van der Waals surface area contributed by atoms with Gasteiger partial charge in [0.15, 0.2) is 0 Å². The van der Waals surface area contributed by atoms with Crippen LogP contribution in [0.4, 0.5) is 0 Å². The predicted molar refractivity (Wildman–Crippen MR) is 55.7 cm³/mol. The number of rotatable bonds is 3. The summed E-state index contributed by atoms with van der Waals surface area (Å²) in [6.45, 7) is 2.59. The number of hydrogen-bond acceptors (Lipinski definition) is 3. The lowest BCUT2D eigenvalue weighted by atomic mass is 10.2. The van der Waals surface area contributed by atoms with Gasteiger partial charge in [-0.25, -0.2) is 4.79 Å². The van der Waals surface area contributed by atoms with Crippen LogP contribution in [0.25, 0.3) is 0 Å². The van der Waals surface area contributed by atoms with E-state index in [2.05, 4.69) is 17.1 Å². The standard InChI is InChI=1S/C10H11NO2S/c12-10(13)9-8(3-6-14-9)7-11-4-1-2-5-11/h1-3,6H,4-5,7H2,(H,12,13). The zero-order valence-corrected chi connectivity index (χ0v) is 8.46. The van der Waals surface area contributed by atoms with Gasteiger partial charge in [0.2, 0.25) is 0 Å². The van der Waals surface area contributed by atoms with Crippen LogP contribution in [0.1, 0.15) is 15.2 Å². The summed E-state index contributed by atoms with van der Waals surface area (Å²) in [7, 11) is 0. The van der Waals surface area contributed by atoms with E-state index in [1.165, 1.54) is 11.3 Å². The van der Waals surface area contributed by atoms with Gasteiger partial charge >= 0.3 is 5.97 Å². The van der Waals surface area contributed by atoms with Gasteiger partial charge in [-0.1, -0.05) is 12.2 Å². The first-order valence-electron chi connectivity index (χ1n) is 4.44. The quantitative estimate of drug-likeness (QED) is 0.772. The van der Waals surface area contributed by atoms with E-state index in [1.54, 1.807) is 0 Å². The first-order chi connectivity index (χ1) is 6.77. The molecule has 0 radical (unpaired) electrons. The summed E-state index contributed by atoms with van der Waals surface area (Å²) in [5.41, 5.74) is 0.922. The molecule has 2 rings (SSSR count). The monoisotopic (exact) mass is 209 g/mol. The van der Waals surface area contributed by atoms with Crippen LogP contribution in [0.15, 0.2) is 23.6 Å². The second kappa shape index (κ2) is 3.94. The van der Waals surface area contributed by atoms with Crippen LogP contribution in [0, 0.1) is 0 Å². The second-order valence-corrected chi connectivity index (χ2v) is 4.16. The molecule has 1 aliphatic heterocycles. The highest BCUT2D eigenvalue weighted by Gasteiger charge is 2.14. The molecular formula is C10H11NO2S. The Kier molecular flexibility index (Phi) is 2.65. The van der Waals surface area contributed by atoms with Crippen molar-refractivity contribution in [1.29, 1.82) is 0 Å². The van der Waals surface area contributed by atoms with Crippen LogP contribution in [0.2, 0.25) is 0 Å². The van der Waals surface area contributed by atoms with Gasteiger partial charge in [0.1, 0.15) is 4.88 Å². The Morgan fingerprint density at radius 1 is 1.50 bits per heavy atom. The molecule has 0 aliphatic carbocycles. The largest absolute Gasteiger partial charge is 0.477 e. The van der Waals surface area contributed by atoms with E-state index in [-0.39, 0.29) is 0 Å². The number of carboxylic acids is 1. The molecule has 0 amide bonds. The molecule has 1 aliphatic rings. The minimum Gasteiger partial charge on any atom is -0.477 e. The van der Waals surface area contributed by atoms with Gasteiger partial charge in [-0.15, -0.1) is 11.3 Å². The molecule has 0 atom stereocenters. The highest BCUT2D eigenvalue weighted by Crippen LogP contribution is 2.19. The van der Waals surface area contributed by atoms with Gasteiger partial charge in [-0.05, 0) is 17.0 Å². The van der Waals surface area contributed by atoms with E-state index in [0.717, 1.165) is 25.2 Å². The number of carboxylic acid groups (broad SMARTS) is 1. The van der Waals surface area contributed by atoms with Crippen LogP contribution in [-0.2, 0) is 6.54 Å². The van der Waals surface area contributed by atoms with Crippen LogP contribution in [0.5, 0.6) is 0 Å². The maximum Gasteiger partial charge on any atom is 0.346 e. The van der Waals surface area contributed by atoms with E-state index in [9.17, 15) is 4.79 Å². The van der Waals surface area contributed by atoms with E-state index in [1.807, 2.05) is 11.4 Å². The molecule has 1 aromatic rings. The summed E-state index contributed by atoms with van der Waals surface area (Å²) in [6.07, 6.45) is 4.21. The molecule has 0 unspecified atom stereocenters. The highest BCUT2D eigenvalue weighted by atomic mass is 32.1. The van der Waals surface area contributed by atoms with E-state index in [4.69, 9.17) is 5.11 Å². The van der Waals surface area contributed by atoms with Gasteiger partial charge in [0.25, 0.3) is 0 Å². The molecule has 14 heavy (non-hydrogen) atoms. The third kappa shape index (κ3) is 1.86. The molecule has 0 saturated carbocycles. The maximum atomic E-state index is 10.8. The Morgan fingerprint density at radius 3 is 2.86 bits per heavy atom. The van der Waals surface area contributed by atoms with Gasteiger partial charge in [-0.3, -0.25) is 4.90 Å². The van der Waals surface area contributed by atoms with Crippen molar-refractivity contribution in [3.05, 3.63) is 34.0 Å². The summed E-state index contributed by atoms with van der Waals surface area (Å²) < 4.78 is 0. The summed E-state index contributed by atoms with van der Waals surface area (Å²) in [5, 5.41) is 10.7. The third-order valence-corrected chi connectivity index (χ3v) is 3.17. The van der Waals surface area contributed by atoms with Crippen molar-refractivity contribution in [3.8, 4) is 0 Å². The summed E-state index contributed by atoms with van der Waals surface area (Å²) in [6, 6.07) is 1.90. The summed E-state index contributed by atoms with van der Waals surface area (Å²) in [5.74, 6) is -0.817. The van der Waals surface area contributed by atoms with Gasteiger partial charge < -0.3 is 5.11 Å². The van der Waals surface area contributed by atoms with Crippen molar-refractivity contribution >= 4 is 17.3 Å². The molecule has 4 heteroatoms. The molecule has 0 aromatic carbocycles. The molecular weight excluding hydrogens is 198 g/mol. The average molecular weight is 209 g/mol. The Bertz CT molecular complexity index is 362. The van der Waals surface area contributed by atoms with Crippen molar-refractivity contribution in [1.82, 2.24) is 4.90 Å². The Labute approximate surface area is 86.3 Å². The van der Waals surface area contributed by atoms with Gasteiger partial charge in [0.05, 0.1) is 0 Å². The van der Waals surface area contributed by atoms with E-state index in [0.29, 0.717) is 4.88 Å². The SMILES string of the molecule is O=C(O)c1sccc1CN1CC=CC1. The van der Waals surface area contributed by atoms with Crippen molar-refractivity contribution in [2.45, 2.75) is 6.54 Å². The topological polar surface area (TPSA) is 40.5 Å². The molecule has 1 aromatic heterocycles. The second-order valence-electron chi connectivity index (χ2n) is 3.25. The third-order valence-electron chi connectivity index (χ3n) is 2.23. The van der Waals surface area contributed by atoms with Crippen molar-refractivity contribution < 1.29 is 9.90 Å². The molecule has 2 heterocycles. The minimum absolute atomic E-state index is 0.469. The lowest BCUT2D eigenvalue weighted by molar-refractivity contribution is 0.0700. The molecule has 74 valence electrons. The highest BCUT2D eigenvalue weighted by molar-refractivity contribution is 7.12. The molecule has 0 bridgehead atoms. The number of carbonyl (C=O) groups is 1. The van der Waals surface area contributed by atoms with Gasteiger partial charge in [0, 0.05) is 19.6 Å². The van der Waals surface area contributed by atoms with Crippen LogP contribution in [0.3, 0.4) is 0 Å². The lowest BCUT2D eigenvalue weighted by Gasteiger charge is -2.13. The normalized spacial score (nSPS) is 16.3. The van der Waals surface area contributed by atoms with E-state index >= 15 is 0 Å². The fourth-order valence-corrected chi connectivity index (χ4v) is 2.29. The number of thiophene rings is 1. The maximum absolute atomic E-state index is 10.8. The average Bonchev–Trinajstić information content (AvgIpc) is 2.75. The predicted octanol–water partition coefficient (Wildman–Crippen LogP) is 1.82. The smallest absolute Gasteiger partial charge is 0.346 e.